The Morgan fingerprint density at radius 3 is 2.57 bits per heavy atom. The van der Waals surface area contributed by atoms with Crippen LogP contribution in [0.5, 0.6) is 0 Å². The van der Waals surface area contributed by atoms with E-state index < -0.39 is 9.84 Å². The number of anilines is 1. The zero-order valence-electron chi connectivity index (χ0n) is 12.7. The van der Waals surface area contributed by atoms with Gasteiger partial charge in [0.1, 0.15) is 0 Å². The lowest BCUT2D eigenvalue weighted by molar-refractivity contribution is -0.121. The number of amides is 1. The highest BCUT2D eigenvalue weighted by Crippen LogP contribution is 2.35. The van der Waals surface area contributed by atoms with Gasteiger partial charge in [-0.25, -0.2) is 8.42 Å². The van der Waals surface area contributed by atoms with Gasteiger partial charge >= 0.3 is 0 Å². The average molecular weight is 310 g/mol. The molecule has 0 saturated heterocycles. The van der Waals surface area contributed by atoms with Crippen molar-refractivity contribution in [1.82, 2.24) is 4.90 Å². The van der Waals surface area contributed by atoms with Crippen LogP contribution in [0, 0.1) is 5.92 Å². The molecule has 1 saturated carbocycles. The molecule has 5 nitrogen and oxygen atoms in total. The molecular weight excluding hydrogens is 288 g/mol. The van der Waals surface area contributed by atoms with Crippen molar-refractivity contribution in [2.75, 3.05) is 25.2 Å². The smallest absolute Gasteiger partial charge is 0.241 e. The Balaban J connectivity index is 2.16. The first-order valence-electron chi connectivity index (χ1n) is 7.15. The first-order chi connectivity index (χ1) is 9.85. The van der Waals surface area contributed by atoms with Crippen LogP contribution in [0.1, 0.15) is 19.8 Å². The third-order valence-corrected chi connectivity index (χ3v) is 5.47. The predicted molar refractivity (Wildman–Crippen MR) is 83.0 cm³/mol. The Kier molecular flexibility index (Phi) is 4.68. The summed E-state index contributed by atoms with van der Waals surface area (Å²) < 4.78 is 23.8. The number of carbonyl (C=O) groups is 1. The van der Waals surface area contributed by atoms with Gasteiger partial charge < -0.3 is 5.32 Å². The van der Waals surface area contributed by atoms with Crippen molar-refractivity contribution < 1.29 is 13.2 Å². The lowest BCUT2D eigenvalue weighted by atomic mass is 10.1. The molecule has 1 atom stereocenters. The molecular formula is C15H22N2O3S. The monoisotopic (exact) mass is 310 g/mol. The normalized spacial score (nSPS) is 16.8. The van der Waals surface area contributed by atoms with Crippen LogP contribution in [-0.2, 0) is 14.6 Å². The molecule has 0 bridgehead atoms. The summed E-state index contributed by atoms with van der Waals surface area (Å²) in [6.45, 7) is 1.61. The van der Waals surface area contributed by atoms with Gasteiger partial charge in [0.05, 0.1) is 16.7 Å². The second-order valence-electron chi connectivity index (χ2n) is 5.67. The van der Waals surface area contributed by atoms with Gasteiger partial charge in [-0.05, 0) is 51.1 Å². The van der Waals surface area contributed by atoms with Gasteiger partial charge in [0.15, 0.2) is 9.84 Å². The number of carbonyl (C=O) groups excluding carboxylic acids is 1. The van der Waals surface area contributed by atoms with Gasteiger partial charge in [0, 0.05) is 5.69 Å². The van der Waals surface area contributed by atoms with Crippen molar-refractivity contribution in [3.8, 4) is 0 Å². The topological polar surface area (TPSA) is 66.5 Å². The largest absolute Gasteiger partial charge is 0.325 e. The van der Waals surface area contributed by atoms with Gasteiger partial charge in [0.25, 0.3) is 0 Å². The summed E-state index contributed by atoms with van der Waals surface area (Å²) in [5, 5.41) is 2.84. The summed E-state index contributed by atoms with van der Waals surface area (Å²) in [5.41, 5.74) is 0.530. The number of nitrogens with zero attached hydrogens (tertiary/aromatic N) is 1. The quantitative estimate of drug-likeness (QED) is 0.869. The lowest BCUT2D eigenvalue weighted by Gasteiger charge is -2.23. The molecule has 0 aromatic heterocycles. The summed E-state index contributed by atoms with van der Waals surface area (Å²) in [6.07, 6.45) is 2.14. The minimum absolute atomic E-state index is 0.0484. The lowest BCUT2D eigenvalue weighted by Crippen LogP contribution is -2.41. The van der Waals surface area contributed by atoms with Crippen molar-refractivity contribution in [1.29, 1.82) is 0 Å². The summed E-state index contributed by atoms with van der Waals surface area (Å²) in [7, 11) is 0.520. The molecule has 0 unspecified atom stereocenters. The van der Waals surface area contributed by atoms with E-state index in [2.05, 4.69) is 5.32 Å². The van der Waals surface area contributed by atoms with Crippen LogP contribution in [-0.4, -0.2) is 45.1 Å². The standard InChI is InChI=1S/C15H22N2O3S/c1-4-21(19,20)13-7-5-6-12(10-13)16-15(18)14(17(2)3)11-8-9-11/h5-7,10-11,14H,4,8-9H2,1-3H3,(H,16,18)/t14-/m1/s1. The number of rotatable bonds is 6. The maximum absolute atomic E-state index is 12.4. The maximum atomic E-state index is 12.4. The molecule has 1 fully saturated rings. The highest BCUT2D eigenvalue weighted by Gasteiger charge is 2.37. The highest BCUT2D eigenvalue weighted by molar-refractivity contribution is 7.91. The van der Waals surface area contributed by atoms with E-state index in [9.17, 15) is 13.2 Å². The van der Waals surface area contributed by atoms with E-state index in [1.54, 1.807) is 25.1 Å². The van der Waals surface area contributed by atoms with Crippen LogP contribution >= 0.6 is 0 Å². The summed E-state index contributed by atoms with van der Waals surface area (Å²) in [5.74, 6) is 0.378. The first kappa shape index (κ1) is 16.0. The molecule has 0 aliphatic heterocycles. The van der Waals surface area contributed by atoms with Gasteiger partial charge in [-0.15, -0.1) is 0 Å². The molecule has 0 radical (unpaired) electrons. The molecule has 1 aliphatic rings. The van der Waals surface area contributed by atoms with E-state index in [4.69, 9.17) is 0 Å². The first-order valence-corrected chi connectivity index (χ1v) is 8.80. The molecule has 1 amide bonds. The van der Waals surface area contributed by atoms with E-state index in [-0.39, 0.29) is 22.6 Å². The predicted octanol–water partition coefficient (Wildman–Crippen LogP) is 1.76. The average Bonchev–Trinajstić information content (AvgIpc) is 3.23. The molecule has 1 aliphatic carbocycles. The van der Waals surface area contributed by atoms with Crippen molar-refractivity contribution in [3.05, 3.63) is 24.3 Å². The van der Waals surface area contributed by atoms with Crippen molar-refractivity contribution in [3.63, 3.8) is 0 Å². The Hall–Kier alpha value is -1.40. The van der Waals surface area contributed by atoms with Gasteiger partial charge in [0.2, 0.25) is 5.91 Å². The zero-order chi connectivity index (χ0) is 15.6. The van der Waals surface area contributed by atoms with Crippen LogP contribution < -0.4 is 5.32 Å². The number of hydrogen-bond acceptors (Lipinski definition) is 4. The number of hydrogen-bond donors (Lipinski definition) is 1. The number of nitrogens with one attached hydrogen (secondary N) is 1. The van der Waals surface area contributed by atoms with E-state index in [0.29, 0.717) is 11.6 Å². The Morgan fingerprint density at radius 1 is 1.38 bits per heavy atom. The third-order valence-electron chi connectivity index (χ3n) is 3.73. The SMILES string of the molecule is CCS(=O)(=O)c1cccc(NC(=O)[C@@H](C2CC2)N(C)C)c1. The fraction of sp³-hybridized carbons (Fsp3) is 0.533. The van der Waals surface area contributed by atoms with Crippen molar-refractivity contribution in [2.45, 2.75) is 30.7 Å². The second-order valence-corrected chi connectivity index (χ2v) is 7.94. The molecule has 1 aromatic rings. The molecule has 21 heavy (non-hydrogen) atoms. The van der Waals surface area contributed by atoms with E-state index in [1.807, 2.05) is 19.0 Å². The summed E-state index contributed by atoms with van der Waals surface area (Å²) in [6, 6.07) is 6.29. The van der Waals surface area contributed by atoms with E-state index in [0.717, 1.165) is 12.8 Å². The number of likely N-dealkylation sites (N-methyl/N-ethyl adjacent to an activating group) is 1. The van der Waals surface area contributed by atoms with E-state index in [1.165, 1.54) is 6.07 Å². The molecule has 1 N–H and O–H groups in total. The number of sulfone groups is 1. The van der Waals surface area contributed by atoms with Gasteiger partial charge in [-0.2, -0.15) is 0 Å². The van der Waals surface area contributed by atoms with Crippen LogP contribution in [0.4, 0.5) is 5.69 Å². The molecule has 0 heterocycles. The van der Waals surface area contributed by atoms with E-state index >= 15 is 0 Å². The molecule has 0 spiro atoms. The minimum Gasteiger partial charge on any atom is -0.325 e. The third kappa shape index (κ3) is 3.83. The molecule has 116 valence electrons. The Morgan fingerprint density at radius 2 is 2.05 bits per heavy atom. The van der Waals surface area contributed by atoms with Crippen LogP contribution in [0.2, 0.25) is 0 Å². The fourth-order valence-corrected chi connectivity index (χ4v) is 3.36. The Bertz CT molecular complexity index is 620. The van der Waals surface area contributed by atoms with Gasteiger partial charge in [-0.1, -0.05) is 13.0 Å². The minimum atomic E-state index is -3.26. The maximum Gasteiger partial charge on any atom is 0.241 e. The van der Waals surface area contributed by atoms with Crippen molar-refractivity contribution >= 4 is 21.4 Å². The van der Waals surface area contributed by atoms with Crippen LogP contribution in [0.3, 0.4) is 0 Å². The highest BCUT2D eigenvalue weighted by atomic mass is 32.2. The Labute approximate surface area is 126 Å². The zero-order valence-corrected chi connectivity index (χ0v) is 13.5. The van der Waals surface area contributed by atoms with Gasteiger partial charge in [-0.3, -0.25) is 9.69 Å². The molecule has 6 heteroatoms. The fourth-order valence-electron chi connectivity index (χ4n) is 2.43. The van der Waals surface area contributed by atoms with Crippen molar-refractivity contribution in [2.24, 2.45) is 5.92 Å². The summed E-state index contributed by atoms with van der Waals surface area (Å²) in [4.78, 5) is 14.5. The summed E-state index contributed by atoms with van der Waals surface area (Å²) >= 11 is 0. The number of benzene rings is 1. The molecule has 2 rings (SSSR count). The molecule has 1 aromatic carbocycles. The van der Waals surface area contributed by atoms with Crippen LogP contribution in [0.15, 0.2) is 29.2 Å². The van der Waals surface area contributed by atoms with Crippen LogP contribution in [0.25, 0.3) is 0 Å². The second kappa shape index (κ2) is 6.15.